The smallest absolute Gasteiger partial charge is 0.0496 e. The van der Waals surface area contributed by atoms with Crippen molar-refractivity contribution >= 4 is 22.0 Å². The minimum absolute atomic E-state index is 0.785. The van der Waals surface area contributed by atoms with Gasteiger partial charge in [0, 0.05) is 18.2 Å². The first-order valence-electron chi connectivity index (χ1n) is 4.24. The molecule has 0 saturated heterocycles. The Kier molecular flexibility index (Phi) is 4.79. The third-order valence-electron chi connectivity index (χ3n) is 1.67. The van der Waals surface area contributed by atoms with Crippen LogP contribution in [0, 0.1) is 0 Å². The summed E-state index contributed by atoms with van der Waals surface area (Å²) < 4.78 is 6.05. The zero-order chi connectivity index (χ0) is 9.52. The maximum absolute atomic E-state index is 4.94. The summed E-state index contributed by atoms with van der Waals surface area (Å²) in [5.74, 6) is 0. The highest BCUT2D eigenvalue weighted by molar-refractivity contribution is 9.10. The summed E-state index contributed by atoms with van der Waals surface area (Å²) in [7, 11) is 1.72. The van der Waals surface area contributed by atoms with E-state index in [4.69, 9.17) is 4.74 Å². The number of methoxy groups -OCH3 is 1. The van der Waals surface area contributed by atoms with E-state index in [-0.39, 0.29) is 0 Å². The molecule has 1 nitrogen and oxygen atoms in total. The zero-order valence-electron chi connectivity index (χ0n) is 7.66. The predicted octanol–water partition coefficient (Wildman–Crippen LogP) is 3.50. The van der Waals surface area contributed by atoms with E-state index in [1.165, 1.54) is 5.56 Å². The number of hydrogen-bond acceptors (Lipinski definition) is 1. The molecule has 0 fully saturated rings. The second kappa shape index (κ2) is 5.95. The Morgan fingerprint density at radius 1 is 1.31 bits per heavy atom. The molecule has 70 valence electrons. The molecule has 0 aliphatic carbocycles. The van der Waals surface area contributed by atoms with Crippen LogP contribution in [-0.4, -0.2) is 13.7 Å². The summed E-state index contributed by atoms with van der Waals surface area (Å²) in [6.07, 6.45) is 5.19. The summed E-state index contributed by atoms with van der Waals surface area (Å²) in [6, 6.07) is 8.23. The van der Waals surface area contributed by atoms with Gasteiger partial charge in [0.25, 0.3) is 0 Å². The molecular weight excluding hydrogens is 228 g/mol. The largest absolute Gasteiger partial charge is 0.384 e. The molecule has 1 aromatic rings. The van der Waals surface area contributed by atoms with Crippen molar-refractivity contribution in [2.24, 2.45) is 0 Å². The third kappa shape index (κ3) is 4.25. The molecule has 0 spiro atoms. The zero-order valence-corrected chi connectivity index (χ0v) is 9.25. The second-order valence-corrected chi connectivity index (χ2v) is 3.65. The Bertz CT molecular complexity index is 264. The van der Waals surface area contributed by atoms with E-state index in [1.54, 1.807) is 7.11 Å². The summed E-state index contributed by atoms with van der Waals surface area (Å²) in [5.41, 5.74) is 1.22. The molecule has 0 unspecified atom stereocenters. The Morgan fingerprint density at radius 3 is 2.62 bits per heavy atom. The Balaban J connectivity index is 2.44. The van der Waals surface area contributed by atoms with E-state index in [0.717, 1.165) is 17.5 Å². The van der Waals surface area contributed by atoms with E-state index < -0.39 is 0 Å². The lowest BCUT2D eigenvalue weighted by Gasteiger charge is -1.94. The highest BCUT2D eigenvalue weighted by atomic mass is 79.9. The summed E-state index contributed by atoms with van der Waals surface area (Å²) in [6.45, 7) is 0.785. The molecule has 0 saturated carbocycles. The van der Waals surface area contributed by atoms with Crippen LogP contribution in [0.5, 0.6) is 0 Å². The molecule has 2 heteroatoms. The van der Waals surface area contributed by atoms with Gasteiger partial charge in [-0.25, -0.2) is 0 Å². The molecule has 0 aliphatic heterocycles. The van der Waals surface area contributed by atoms with Gasteiger partial charge < -0.3 is 4.74 Å². The van der Waals surface area contributed by atoms with Crippen LogP contribution in [0.15, 0.2) is 34.8 Å². The number of hydrogen-bond donors (Lipinski definition) is 0. The summed E-state index contributed by atoms with van der Waals surface area (Å²) >= 11 is 3.39. The minimum Gasteiger partial charge on any atom is -0.384 e. The maximum atomic E-state index is 4.94. The first-order chi connectivity index (χ1) is 6.33. The average Bonchev–Trinajstić information content (AvgIpc) is 2.15. The van der Waals surface area contributed by atoms with Gasteiger partial charge >= 0.3 is 0 Å². The van der Waals surface area contributed by atoms with Crippen LogP contribution in [0.3, 0.4) is 0 Å². The van der Waals surface area contributed by atoms with Gasteiger partial charge in [0.15, 0.2) is 0 Å². The molecule has 0 atom stereocenters. The van der Waals surface area contributed by atoms with E-state index >= 15 is 0 Å². The molecule has 0 radical (unpaired) electrons. The first kappa shape index (κ1) is 10.5. The summed E-state index contributed by atoms with van der Waals surface area (Å²) in [5, 5.41) is 0. The normalized spacial score (nSPS) is 10.9. The van der Waals surface area contributed by atoms with Crippen LogP contribution in [0.2, 0.25) is 0 Å². The number of ether oxygens (including phenoxy) is 1. The second-order valence-electron chi connectivity index (χ2n) is 2.74. The topological polar surface area (TPSA) is 9.23 Å². The van der Waals surface area contributed by atoms with Gasteiger partial charge in [-0.15, -0.1) is 0 Å². The van der Waals surface area contributed by atoms with Gasteiger partial charge in [0.05, 0.1) is 0 Å². The van der Waals surface area contributed by atoms with Crippen LogP contribution >= 0.6 is 15.9 Å². The number of benzene rings is 1. The van der Waals surface area contributed by atoms with Crippen molar-refractivity contribution in [2.75, 3.05) is 13.7 Å². The highest BCUT2D eigenvalue weighted by Gasteiger charge is 1.86. The van der Waals surface area contributed by atoms with Crippen molar-refractivity contribution in [1.29, 1.82) is 0 Å². The van der Waals surface area contributed by atoms with Crippen LogP contribution < -0.4 is 0 Å². The lowest BCUT2D eigenvalue weighted by atomic mass is 10.2. The molecular formula is C11H13BrO. The maximum Gasteiger partial charge on any atom is 0.0496 e. The van der Waals surface area contributed by atoms with Crippen molar-refractivity contribution in [2.45, 2.75) is 6.42 Å². The van der Waals surface area contributed by atoms with Gasteiger partial charge in [-0.2, -0.15) is 0 Å². The molecule has 0 aromatic heterocycles. The minimum atomic E-state index is 0.785. The fraction of sp³-hybridized carbons (Fsp3) is 0.273. The van der Waals surface area contributed by atoms with Crippen molar-refractivity contribution in [3.8, 4) is 0 Å². The third-order valence-corrected chi connectivity index (χ3v) is 2.20. The molecule has 13 heavy (non-hydrogen) atoms. The van der Waals surface area contributed by atoms with Gasteiger partial charge in [0.2, 0.25) is 0 Å². The van der Waals surface area contributed by atoms with Crippen LogP contribution in [0.4, 0.5) is 0 Å². The Hall–Kier alpha value is -0.600. The van der Waals surface area contributed by atoms with Crippen LogP contribution in [0.1, 0.15) is 12.0 Å². The predicted molar refractivity (Wildman–Crippen MR) is 59.7 cm³/mol. The Morgan fingerprint density at radius 2 is 2.00 bits per heavy atom. The van der Waals surface area contributed by atoms with E-state index in [1.807, 2.05) is 12.1 Å². The van der Waals surface area contributed by atoms with E-state index in [9.17, 15) is 0 Å². The lowest BCUT2D eigenvalue weighted by molar-refractivity contribution is 0.204. The van der Waals surface area contributed by atoms with Gasteiger partial charge in [-0.3, -0.25) is 0 Å². The van der Waals surface area contributed by atoms with Crippen molar-refractivity contribution in [3.05, 3.63) is 40.4 Å². The lowest BCUT2D eigenvalue weighted by Crippen LogP contribution is -1.83. The Labute approximate surface area is 87.5 Å². The van der Waals surface area contributed by atoms with Crippen LogP contribution in [0.25, 0.3) is 6.08 Å². The number of rotatable bonds is 4. The summed E-state index contributed by atoms with van der Waals surface area (Å²) in [4.78, 5) is 0. The SMILES string of the molecule is COCC/C=C/c1ccc(Br)cc1. The molecule has 0 bridgehead atoms. The van der Waals surface area contributed by atoms with Gasteiger partial charge in [-0.05, 0) is 24.1 Å². The monoisotopic (exact) mass is 240 g/mol. The first-order valence-corrected chi connectivity index (χ1v) is 5.03. The van der Waals surface area contributed by atoms with E-state index in [0.29, 0.717) is 0 Å². The number of halogens is 1. The highest BCUT2D eigenvalue weighted by Crippen LogP contribution is 2.11. The molecule has 0 N–H and O–H groups in total. The average molecular weight is 241 g/mol. The van der Waals surface area contributed by atoms with Crippen LogP contribution in [-0.2, 0) is 4.74 Å². The molecule has 1 aromatic carbocycles. The van der Waals surface area contributed by atoms with E-state index in [2.05, 4.69) is 40.2 Å². The van der Waals surface area contributed by atoms with Crippen molar-refractivity contribution in [1.82, 2.24) is 0 Å². The quantitative estimate of drug-likeness (QED) is 0.733. The molecule has 0 amide bonds. The van der Waals surface area contributed by atoms with Crippen molar-refractivity contribution < 1.29 is 4.74 Å². The molecule has 0 heterocycles. The fourth-order valence-electron chi connectivity index (χ4n) is 0.979. The van der Waals surface area contributed by atoms with Gasteiger partial charge in [0.1, 0.15) is 0 Å². The molecule has 0 aliphatic rings. The van der Waals surface area contributed by atoms with Gasteiger partial charge in [-0.1, -0.05) is 40.2 Å². The molecule has 1 rings (SSSR count). The van der Waals surface area contributed by atoms with Crippen molar-refractivity contribution in [3.63, 3.8) is 0 Å². The standard InChI is InChI=1S/C11H13BrO/c1-13-9-3-2-4-10-5-7-11(12)8-6-10/h2,4-8H,3,9H2,1H3/b4-2+. The fourth-order valence-corrected chi connectivity index (χ4v) is 1.24.